The summed E-state index contributed by atoms with van der Waals surface area (Å²) in [4.78, 5) is 32.9. The number of aromatic nitrogens is 2. The molecule has 0 aromatic carbocycles. The van der Waals surface area contributed by atoms with Crippen molar-refractivity contribution in [1.29, 1.82) is 0 Å². The van der Waals surface area contributed by atoms with E-state index in [1.165, 1.54) is 0 Å². The second kappa shape index (κ2) is 8.69. The van der Waals surface area contributed by atoms with Crippen LogP contribution in [0.2, 0.25) is 0 Å². The van der Waals surface area contributed by atoms with Gasteiger partial charge in [-0.1, -0.05) is 6.07 Å². The topological polar surface area (TPSA) is 109 Å². The minimum Gasteiger partial charge on any atom is -0.455 e. The average molecular weight is 403 g/mol. The van der Waals surface area contributed by atoms with Crippen molar-refractivity contribution in [1.82, 2.24) is 20.7 Å². The van der Waals surface area contributed by atoms with Gasteiger partial charge < -0.3 is 9.73 Å². The van der Waals surface area contributed by atoms with Gasteiger partial charge in [-0.3, -0.25) is 19.6 Å². The van der Waals surface area contributed by atoms with Crippen LogP contribution in [-0.4, -0.2) is 27.5 Å². The van der Waals surface area contributed by atoms with Crippen LogP contribution < -0.4 is 10.7 Å². The molecule has 0 radical (unpaired) electrons. The lowest BCUT2D eigenvalue weighted by molar-refractivity contribution is 0.0919. The first-order valence-corrected chi connectivity index (χ1v) is 9.70. The molecule has 8 nitrogen and oxygen atoms in total. The third kappa shape index (κ3) is 4.12. The fraction of sp³-hybridized carbons (Fsp3) is 0.227. The van der Waals surface area contributed by atoms with Crippen LogP contribution in [0.25, 0.3) is 0 Å². The largest absolute Gasteiger partial charge is 0.455 e. The average Bonchev–Trinajstić information content (AvgIpc) is 3.14. The summed E-state index contributed by atoms with van der Waals surface area (Å²) in [6, 6.07) is 6.95. The monoisotopic (exact) mass is 403 g/mol. The Bertz CT molecular complexity index is 1090. The summed E-state index contributed by atoms with van der Waals surface area (Å²) in [6.45, 7) is 2.20. The fourth-order valence-corrected chi connectivity index (χ4v) is 3.45. The second-order valence-electron chi connectivity index (χ2n) is 6.99. The van der Waals surface area contributed by atoms with E-state index >= 15 is 0 Å². The normalized spacial score (nSPS) is 14.2. The third-order valence-corrected chi connectivity index (χ3v) is 4.94. The highest BCUT2D eigenvalue weighted by Gasteiger charge is 2.28. The molecule has 152 valence electrons. The first-order chi connectivity index (χ1) is 14.6. The number of hydrazone groups is 1. The van der Waals surface area contributed by atoms with Crippen LogP contribution in [0.1, 0.15) is 56.2 Å². The summed E-state index contributed by atoms with van der Waals surface area (Å²) < 4.78 is 5.88. The molecule has 0 atom stereocenters. The van der Waals surface area contributed by atoms with Crippen molar-refractivity contribution in [2.45, 2.75) is 32.7 Å². The van der Waals surface area contributed by atoms with Gasteiger partial charge in [0, 0.05) is 54.4 Å². The standard InChI is InChI=1S/C22H21N5O3/c1-14-19-17(26-27-21(28)16-7-10-23-11-8-16)5-2-6-18(19)30-20(14)22(29)25-13-15-4-3-9-24-12-15/h3-4,7-12H,2,5-6,13H2,1H3,(H,25,29)(H,27,28)/b26-17+. The Balaban J connectivity index is 1.51. The molecule has 1 aliphatic carbocycles. The van der Waals surface area contributed by atoms with Crippen molar-refractivity contribution in [2.24, 2.45) is 5.10 Å². The molecule has 0 saturated carbocycles. The molecule has 0 aliphatic heterocycles. The van der Waals surface area contributed by atoms with Crippen molar-refractivity contribution >= 4 is 17.5 Å². The molecule has 1 aliphatic rings. The van der Waals surface area contributed by atoms with E-state index in [1.807, 2.05) is 19.1 Å². The minimum absolute atomic E-state index is 0.277. The zero-order valence-corrected chi connectivity index (χ0v) is 16.5. The number of aryl methyl sites for hydroxylation is 1. The lowest BCUT2D eigenvalue weighted by atomic mass is 9.93. The van der Waals surface area contributed by atoms with E-state index in [9.17, 15) is 9.59 Å². The quantitative estimate of drug-likeness (QED) is 0.637. The lowest BCUT2D eigenvalue weighted by Gasteiger charge is -2.13. The maximum absolute atomic E-state index is 12.7. The number of hydrogen-bond acceptors (Lipinski definition) is 6. The molecule has 0 saturated heterocycles. The number of carbonyl (C=O) groups is 2. The number of fused-ring (bicyclic) bond motifs is 1. The second-order valence-corrected chi connectivity index (χ2v) is 6.99. The molecule has 0 spiro atoms. The Morgan fingerprint density at radius 1 is 1.10 bits per heavy atom. The maximum atomic E-state index is 12.7. The van der Waals surface area contributed by atoms with Gasteiger partial charge in [-0.05, 0) is 43.5 Å². The molecule has 8 heteroatoms. The molecule has 0 unspecified atom stereocenters. The molecule has 3 aromatic heterocycles. The van der Waals surface area contributed by atoms with Crippen molar-refractivity contribution in [3.8, 4) is 0 Å². The van der Waals surface area contributed by atoms with E-state index in [2.05, 4.69) is 25.8 Å². The Labute approximate surface area is 173 Å². The molecule has 4 rings (SSSR count). The summed E-state index contributed by atoms with van der Waals surface area (Å²) in [7, 11) is 0. The van der Waals surface area contributed by atoms with Crippen LogP contribution in [0, 0.1) is 6.92 Å². The van der Waals surface area contributed by atoms with Crippen molar-refractivity contribution in [3.05, 3.63) is 82.8 Å². The molecule has 2 N–H and O–H groups in total. The van der Waals surface area contributed by atoms with Crippen LogP contribution in [0.4, 0.5) is 0 Å². The number of furan rings is 1. The summed E-state index contributed by atoms with van der Waals surface area (Å²) in [5, 5.41) is 7.19. The Hall–Kier alpha value is -3.81. The summed E-state index contributed by atoms with van der Waals surface area (Å²) in [6.07, 6.45) is 8.75. The van der Waals surface area contributed by atoms with Crippen LogP contribution in [0.3, 0.4) is 0 Å². The predicted octanol–water partition coefficient (Wildman–Crippen LogP) is 2.78. The van der Waals surface area contributed by atoms with E-state index in [4.69, 9.17) is 4.42 Å². The van der Waals surface area contributed by atoms with Crippen LogP contribution >= 0.6 is 0 Å². The Kier molecular flexibility index (Phi) is 5.65. The maximum Gasteiger partial charge on any atom is 0.287 e. The lowest BCUT2D eigenvalue weighted by Crippen LogP contribution is -2.23. The van der Waals surface area contributed by atoms with E-state index in [1.54, 1.807) is 36.9 Å². The van der Waals surface area contributed by atoms with Crippen molar-refractivity contribution in [2.75, 3.05) is 0 Å². The summed E-state index contributed by atoms with van der Waals surface area (Å²) >= 11 is 0. The van der Waals surface area contributed by atoms with Gasteiger partial charge in [0.05, 0.1) is 5.71 Å². The van der Waals surface area contributed by atoms with Gasteiger partial charge in [-0.15, -0.1) is 0 Å². The number of nitrogens with one attached hydrogen (secondary N) is 2. The van der Waals surface area contributed by atoms with Crippen molar-refractivity contribution < 1.29 is 14.0 Å². The smallest absolute Gasteiger partial charge is 0.287 e. The molecule has 2 amide bonds. The Morgan fingerprint density at radius 2 is 1.93 bits per heavy atom. The number of rotatable bonds is 5. The van der Waals surface area contributed by atoms with Gasteiger partial charge in [0.25, 0.3) is 11.8 Å². The number of amides is 2. The van der Waals surface area contributed by atoms with Gasteiger partial charge in [0.2, 0.25) is 0 Å². The van der Waals surface area contributed by atoms with Crippen LogP contribution in [0.15, 0.2) is 58.6 Å². The fourth-order valence-electron chi connectivity index (χ4n) is 3.45. The third-order valence-electron chi connectivity index (χ3n) is 4.94. The molecule has 30 heavy (non-hydrogen) atoms. The number of hydrogen-bond donors (Lipinski definition) is 2. The Morgan fingerprint density at radius 3 is 2.70 bits per heavy atom. The van der Waals surface area contributed by atoms with E-state index in [0.29, 0.717) is 24.2 Å². The molecule has 3 aromatic rings. The van der Waals surface area contributed by atoms with Crippen LogP contribution in [0.5, 0.6) is 0 Å². The van der Waals surface area contributed by atoms with E-state index < -0.39 is 0 Å². The van der Waals surface area contributed by atoms with E-state index in [-0.39, 0.29) is 17.6 Å². The minimum atomic E-state index is -0.312. The molecule has 0 fully saturated rings. The molecule has 3 heterocycles. The first kappa shape index (κ1) is 19.5. The number of carbonyl (C=O) groups excluding carboxylic acids is 2. The van der Waals surface area contributed by atoms with Crippen molar-refractivity contribution in [3.63, 3.8) is 0 Å². The highest BCUT2D eigenvalue weighted by atomic mass is 16.4. The van der Waals surface area contributed by atoms with Gasteiger partial charge in [0.15, 0.2) is 5.76 Å². The zero-order valence-electron chi connectivity index (χ0n) is 16.5. The summed E-state index contributed by atoms with van der Waals surface area (Å²) in [5.74, 6) is 0.402. The summed E-state index contributed by atoms with van der Waals surface area (Å²) in [5.41, 5.74) is 6.22. The highest BCUT2D eigenvalue weighted by Crippen LogP contribution is 2.29. The van der Waals surface area contributed by atoms with Gasteiger partial charge in [0.1, 0.15) is 5.76 Å². The van der Waals surface area contributed by atoms with Gasteiger partial charge in [-0.2, -0.15) is 5.10 Å². The highest BCUT2D eigenvalue weighted by molar-refractivity contribution is 6.07. The van der Waals surface area contributed by atoms with Gasteiger partial charge >= 0.3 is 0 Å². The van der Waals surface area contributed by atoms with Gasteiger partial charge in [-0.25, -0.2) is 5.43 Å². The zero-order chi connectivity index (χ0) is 20.9. The van der Waals surface area contributed by atoms with Crippen LogP contribution in [-0.2, 0) is 13.0 Å². The SMILES string of the molecule is Cc1c(C(=O)NCc2cccnc2)oc2c1/C(=N/NC(=O)c1ccncc1)CCC2. The molecular formula is C22H21N5O3. The molecular weight excluding hydrogens is 382 g/mol. The predicted molar refractivity (Wildman–Crippen MR) is 110 cm³/mol. The molecule has 0 bridgehead atoms. The first-order valence-electron chi connectivity index (χ1n) is 9.70. The number of pyridine rings is 2. The number of nitrogens with zero attached hydrogens (tertiary/aromatic N) is 3. The van der Waals surface area contributed by atoms with E-state index in [0.717, 1.165) is 35.3 Å².